The van der Waals surface area contributed by atoms with Crippen molar-refractivity contribution in [2.24, 2.45) is 11.8 Å². The zero-order valence-corrected chi connectivity index (χ0v) is 11.5. The van der Waals surface area contributed by atoms with Crippen LogP contribution in [0.2, 0.25) is 0 Å². The minimum absolute atomic E-state index is 0.219. The Balaban J connectivity index is 3.80. The third kappa shape index (κ3) is 6.46. The van der Waals surface area contributed by atoms with Crippen molar-refractivity contribution < 1.29 is 4.74 Å². The van der Waals surface area contributed by atoms with Gasteiger partial charge in [-0.3, -0.25) is 11.3 Å². The molecule has 2 unspecified atom stereocenters. The minimum atomic E-state index is 0.219. The van der Waals surface area contributed by atoms with E-state index in [-0.39, 0.29) is 12.1 Å². The van der Waals surface area contributed by atoms with Gasteiger partial charge in [0.25, 0.3) is 0 Å². The molecule has 0 rings (SSSR count). The van der Waals surface area contributed by atoms with Crippen LogP contribution in [-0.2, 0) is 4.74 Å². The molecule has 0 heterocycles. The highest BCUT2D eigenvalue weighted by Gasteiger charge is 2.22. The lowest BCUT2D eigenvalue weighted by atomic mass is 9.95. The summed E-state index contributed by atoms with van der Waals surface area (Å²) >= 11 is 0. The SMILES string of the molecule is CCCCCCCC(NN)C(OC)C(C)C. The lowest BCUT2D eigenvalue weighted by Crippen LogP contribution is -2.47. The Morgan fingerprint density at radius 2 is 1.75 bits per heavy atom. The molecule has 0 spiro atoms. The fourth-order valence-electron chi connectivity index (χ4n) is 2.21. The van der Waals surface area contributed by atoms with E-state index in [1.807, 2.05) is 0 Å². The standard InChI is InChI=1S/C13H30N2O/c1-5-6-7-8-9-10-12(15-14)13(16-4)11(2)3/h11-13,15H,5-10,14H2,1-4H3. The highest BCUT2D eigenvalue weighted by molar-refractivity contribution is 4.77. The molecule has 98 valence electrons. The number of hydrazine groups is 1. The fourth-order valence-corrected chi connectivity index (χ4v) is 2.21. The molecule has 0 aliphatic heterocycles. The highest BCUT2D eigenvalue weighted by Crippen LogP contribution is 2.16. The van der Waals surface area contributed by atoms with Gasteiger partial charge >= 0.3 is 0 Å². The summed E-state index contributed by atoms with van der Waals surface area (Å²) in [6.07, 6.45) is 7.85. The van der Waals surface area contributed by atoms with Crippen molar-refractivity contribution in [3.05, 3.63) is 0 Å². The van der Waals surface area contributed by atoms with Crippen LogP contribution in [-0.4, -0.2) is 19.3 Å². The maximum atomic E-state index is 5.60. The Morgan fingerprint density at radius 3 is 2.19 bits per heavy atom. The fraction of sp³-hybridized carbons (Fsp3) is 1.00. The number of methoxy groups -OCH3 is 1. The molecule has 3 nitrogen and oxygen atoms in total. The number of unbranched alkanes of at least 4 members (excludes halogenated alkanes) is 4. The van der Waals surface area contributed by atoms with Crippen LogP contribution in [0.1, 0.15) is 59.3 Å². The van der Waals surface area contributed by atoms with Gasteiger partial charge in [0.15, 0.2) is 0 Å². The van der Waals surface area contributed by atoms with Crippen LogP contribution in [0, 0.1) is 5.92 Å². The Bertz CT molecular complexity index is 151. The molecule has 3 heteroatoms. The predicted molar refractivity (Wildman–Crippen MR) is 70.1 cm³/mol. The van der Waals surface area contributed by atoms with Crippen LogP contribution in [0.3, 0.4) is 0 Å². The maximum absolute atomic E-state index is 5.60. The summed E-state index contributed by atoms with van der Waals surface area (Å²) in [5, 5.41) is 0. The summed E-state index contributed by atoms with van der Waals surface area (Å²) in [5.74, 6) is 6.10. The quantitative estimate of drug-likeness (QED) is 0.345. The van der Waals surface area contributed by atoms with Gasteiger partial charge in [-0.25, -0.2) is 0 Å². The van der Waals surface area contributed by atoms with Crippen molar-refractivity contribution in [2.45, 2.75) is 71.4 Å². The van der Waals surface area contributed by atoms with Crippen LogP contribution >= 0.6 is 0 Å². The summed E-state index contributed by atoms with van der Waals surface area (Å²) in [5.41, 5.74) is 2.90. The molecule has 0 fully saturated rings. The second kappa shape index (κ2) is 10.1. The van der Waals surface area contributed by atoms with Crippen molar-refractivity contribution in [1.29, 1.82) is 0 Å². The van der Waals surface area contributed by atoms with Crippen LogP contribution < -0.4 is 11.3 Å². The van der Waals surface area contributed by atoms with Crippen LogP contribution in [0.4, 0.5) is 0 Å². The van der Waals surface area contributed by atoms with Crippen LogP contribution in [0.25, 0.3) is 0 Å². The molecule has 0 bridgehead atoms. The van der Waals surface area contributed by atoms with Crippen molar-refractivity contribution in [1.82, 2.24) is 5.43 Å². The molecule has 0 amide bonds. The van der Waals surface area contributed by atoms with E-state index < -0.39 is 0 Å². The minimum Gasteiger partial charge on any atom is -0.380 e. The molecule has 0 aromatic carbocycles. The van der Waals surface area contributed by atoms with Gasteiger partial charge in [0, 0.05) is 13.2 Å². The first-order chi connectivity index (χ1) is 7.67. The first kappa shape index (κ1) is 15.9. The first-order valence-corrected chi connectivity index (χ1v) is 6.66. The number of ether oxygens (including phenoxy) is 1. The van der Waals surface area contributed by atoms with E-state index in [2.05, 4.69) is 26.2 Å². The predicted octanol–water partition coefficient (Wildman–Crippen LogP) is 2.85. The largest absolute Gasteiger partial charge is 0.380 e. The lowest BCUT2D eigenvalue weighted by molar-refractivity contribution is 0.0299. The molecule has 0 aliphatic rings. The highest BCUT2D eigenvalue weighted by atomic mass is 16.5. The number of nitrogens with two attached hydrogens (primary N) is 1. The van der Waals surface area contributed by atoms with Crippen molar-refractivity contribution >= 4 is 0 Å². The smallest absolute Gasteiger partial charge is 0.0760 e. The average Bonchev–Trinajstić information content (AvgIpc) is 2.26. The third-order valence-corrected chi connectivity index (χ3v) is 3.16. The average molecular weight is 230 g/mol. The van der Waals surface area contributed by atoms with Gasteiger partial charge in [0.1, 0.15) is 0 Å². The van der Waals surface area contributed by atoms with Crippen molar-refractivity contribution in [3.63, 3.8) is 0 Å². The van der Waals surface area contributed by atoms with E-state index in [4.69, 9.17) is 10.6 Å². The molecule has 0 saturated heterocycles. The van der Waals surface area contributed by atoms with Gasteiger partial charge in [-0.05, 0) is 12.3 Å². The van der Waals surface area contributed by atoms with Crippen LogP contribution in [0.5, 0.6) is 0 Å². The number of nitrogens with one attached hydrogen (secondary N) is 1. The number of hydrogen-bond acceptors (Lipinski definition) is 3. The first-order valence-electron chi connectivity index (χ1n) is 6.66. The second-order valence-corrected chi connectivity index (χ2v) is 4.92. The van der Waals surface area contributed by atoms with Gasteiger partial charge in [0.2, 0.25) is 0 Å². The monoisotopic (exact) mass is 230 g/mol. The van der Waals surface area contributed by atoms with E-state index >= 15 is 0 Å². The number of hydrogen-bond donors (Lipinski definition) is 2. The lowest BCUT2D eigenvalue weighted by Gasteiger charge is -2.28. The van der Waals surface area contributed by atoms with Gasteiger partial charge in [-0.1, -0.05) is 52.9 Å². The molecular weight excluding hydrogens is 200 g/mol. The Kier molecular flexibility index (Phi) is 9.99. The second-order valence-electron chi connectivity index (χ2n) is 4.92. The van der Waals surface area contributed by atoms with E-state index in [0.29, 0.717) is 5.92 Å². The topological polar surface area (TPSA) is 47.3 Å². The summed E-state index contributed by atoms with van der Waals surface area (Å²) in [7, 11) is 1.77. The summed E-state index contributed by atoms with van der Waals surface area (Å²) in [6.45, 7) is 6.59. The molecular formula is C13H30N2O. The van der Waals surface area contributed by atoms with E-state index in [0.717, 1.165) is 6.42 Å². The van der Waals surface area contributed by atoms with Gasteiger partial charge in [0.05, 0.1) is 6.10 Å². The van der Waals surface area contributed by atoms with Gasteiger partial charge in [-0.2, -0.15) is 0 Å². The van der Waals surface area contributed by atoms with Gasteiger partial charge in [-0.15, -0.1) is 0 Å². The third-order valence-electron chi connectivity index (χ3n) is 3.16. The Labute approximate surface area is 101 Å². The van der Waals surface area contributed by atoms with Gasteiger partial charge < -0.3 is 4.74 Å². The molecule has 0 aromatic heterocycles. The molecule has 0 aromatic rings. The van der Waals surface area contributed by atoms with E-state index in [1.54, 1.807) is 7.11 Å². The number of rotatable bonds is 10. The Hall–Kier alpha value is -0.120. The molecule has 0 radical (unpaired) electrons. The van der Waals surface area contributed by atoms with Crippen LogP contribution in [0.15, 0.2) is 0 Å². The normalized spacial score (nSPS) is 15.4. The maximum Gasteiger partial charge on any atom is 0.0760 e. The molecule has 0 saturated carbocycles. The Morgan fingerprint density at radius 1 is 1.12 bits per heavy atom. The zero-order valence-electron chi connectivity index (χ0n) is 11.5. The van der Waals surface area contributed by atoms with E-state index in [9.17, 15) is 0 Å². The summed E-state index contributed by atoms with van der Waals surface area (Å²) in [6, 6.07) is 0.284. The van der Waals surface area contributed by atoms with E-state index in [1.165, 1.54) is 32.1 Å². The summed E-state index contributed by atoms with van der Waals surface area (Å²) in [4.78, 5) is 0. The zero-order chi connectivity index (χ0) is 12.4. The molecule has 3 N–H and O–H groups in total. The molecule has 2 atom stereocenters. The summed E-state index contributed by atoms with van der Waals surface area (Å²) < 4.78 is 5.50. The van der Waals surface area contributed by atoms with Crippen molar-refractivity contribution in [3.8, 4) is 0 Å². The molecule has 16 heavy (non-hydrogen) atoms. The molecule has 0 aliphatic carbocycles. The van der Waals surface area contributed by atoms with Crippen molar-refractivity contribution in [2.75, 3.05) is 7.11 Å².